The van der Waals surface area contributed by atoms with Crippen molar-refractivity contribution in [1.82, 2.24) is 5.32 Å². The number of aliphatic hydroxyl groups is 2. The molecule has 2 rings (SSSR count). The minimum absolute atomic E-state index is 0.0311. The van der Waals surface area contributed by atoms with Crippen LogP contribution < -0.4 is 5.32 Å². The molecule has 112 valence electrons. The first-order valence-electron chi connectivity index (χ1n) is 6.62. The first-order valence-corrected chi connectivity index (χ1v) is 8.08. The van der Waals surface area contributed by atoms with Crippen molar-refractivity contribution in [3.63, 3.8) is 0 Å². The van der Waals surface area contributed by atoms with Crippen LogP contribution in [0.2, 0.25) is 5.02 Å². The Kier molecular flexibility index (Phi) is 6.01. The molecule has 0 aliphatic carbocycles. The molecule has 0 fully saturated rings. The fourth-order valence-electron chi connectivity index (χ4n) is 2.17. The third-order valence-electron chi connectivity index (χ3n) is 3.31. The van der Waals surface area contributed by atoms with Crippen LogP contribution in [0.25, 0.3) is 0 Å². The van der Waals surface area contributed by atoms with Crippen molar-refractivity contribution in [2.24, 2.45) is 0 Å². The van der Waals surface area contributed by atoms with E-state index in [-0.39, 0.29) is 6.61 Å². The molecule has 2 aromatic carbocycles. The Balaban J connectivity index is 2.37. The molecule has 0 aliphatic rings. The molecule has 0 aromatic heterocycles. The molecular formula is C16H17ClINO2. The number of benzene rings is 2. The molecule has 21 heavy (non-hydrogen) atoms. The van der Waals surface area contributed by atoms with Crippen LogP contribution in [0.1, 0.15) is 11.1 Å². The Labute approximate surface area is 143 Å². The van der Waals surface area contributed by atoms with Gasteiger partial charge < -0.3 is 15.5 Å². The highest BCUT2D eigenvalue weighted by Gasteiger charge is 2.31. The molecule has 2 aromatic rings. The van der Waals surface area contributed by atoms with Crippen LogP contribution in [0.15, 0.2) is 48.5 Å². The minimum atomic E-state index is -1.16. The second kappa shape index (κ2) is 7.56. The molecule has 0 saturated carbocycles. The highest BCUT2D eigenvalue weighted by atomic mass is 127. The topological polar surface area (TPSA) is 52.5 Å². The van der Waals surface area contributed by atoms with Crippen molar-refractivity contribution in [2.75, 3.05) is 19.7 Å². The largest absolute Gasteiger partial charge is 0.395 e. The lowest BCUT2D eigenvalue weighted by atomic mass is 9.86. The van der Waals surface area contributed by atoms with Crippen LogP contribution in [0, 0.1) is 3.57 Å². The molecule has 0 aliphatic heterocycles. The zero-order chi connectivity index (χ0) is 15.3. The smallest absolute Gasteiger partial charge is 0.127 e. The van der Waals surface area contributed by atoms with E-state index in [0.29, 0.717) is 18.1 Å². The van der Waals surface area contributed by atoms with E-state index >= 15 is 0 Å². The summed E-state index contributed by atoms with van der Waals surface area (Å²) in [4.78, 5) is 0. The van der Waals surface area contributed by atoms with Crippen LogP contribution in [-0.4, -0.2) is 29.9 Å². The Hall–Kier alpha value is -0.660. The quantitative estimate of drug-likeness (QED) is 0.500. The van der Waals surface area contributed by atoms with Crippen molar-refractivity contribution >= 4 is 34.2 Å². The molecular weight excluding hydrogens is 401 g/mol. The van der Waals surface area contributed by atoms with Gasteiger partial charge in [-0.2, -0.15) is 0 Å². The SMILES string of the molecule is OCCNCC(O)(c1ccc(Cl)cc1)c1ccc(I)cc1. The summed E-state index contributed by atoms with van der Waals surface area (Å²) in [6, 6.07) is 14.9. The van der Waals surface area contributed by atoms with Gasteiger partial charge in [-0.15, -0.1) is 0 Å². The van der Waals surface area contributed by atoms with E-state index in [1.54, 1.807) is 12.1 Å². The number of hydrogen-bond acceptors (Lipinski definition) is 3. The molecule has 0 bridgehead atoms. The second-order valence-corrected chi connectivity index (χ2v) is 6.46. The van der Waals surface area contributed by atoms with E-state index in [9.17, 15) is 5.11 Å². The first-order chi connectivity index (χ1) is 10.1. The van der Waals surface area contributed by atoms with E-state index in [1.165, 1.54) is 0 Å². The Morgan fingerprint density at radius 3 is 2.05 bits per heavy atom. The highest BCUT2D eigenvalue weighted by Crippen LogP contribution is 2.30. The average Bonchev–Trinajstić information content (AvgIpc) is 2.48. The summed E-state index contributed by atoms with van der Waals surface area (Å²) < 4.78 is 1.11. The number of halogens is 2. The van der Waals surface area contributed by atoms with Crippen LogP contribution in [0.3, 0.4) is 0 Å². The van der Waals surface area contributed by atoms with Gasteiger partial charge in [0.1, 0.15) is 5.60 Å². The van der Waals surface area contributed by atoms with Gasteiger partial charge in [-0.25, -0.2) is 0 Å². The summed E-state index contributed by atoms with van der Waals surface area (Å²) in [5, 5.41) is 23.8. The van der Waals surface area contributed by atoms with Crippen molar-refractivity contribution in [1.29, 1.82) is 0 Å². The maximum atomic E-state index is 11.2. The monoisotopic (exact) mass is 417 g/mol. The van der Waals surface area contributed by atoms with Gasteiger partial charge in [0.25, 0.3) is 0 Å². The zero-order valence-corrected chi connectivity index (χ0v) is 14.3. The molecule has 0 heterocycles. The van der Waals surface area contributed by atoms with Crippen molar-refractivity contribution in [3.8, 4) is 0 Å². The van der Waals surface area contributed by atoms with Crippen molar-refractivity contribution in [3.05, 3.63) is 68.3 Å². The maximum absolute atomic E-state index is 11.2. The summed E-state index contributed by atoms with van der Waals surface area (Å²) in [7, 11) is 0. The average molecular weight is 418 g/mol. The van der Waals surface area contributed by atoms with Gasteiger partial charge in [-0.1, -0.05) is 35.9 Å². The van der Waals surface area contributed by atoms with Gasteiger partial charge in [0, 0.05) is 21.7 Å². The Morgan fingerprint density at radius 1 is 1.00 bits per heavy atom. The second-order valence-electron chi connectivity index (χ2n) is 4.77. The van der Waals surface area contributed by atoms with Crippen LogP contribution in [0.4, 0.5) is 0 Å². The molecule has 0 amide bonds. The van der Waals surface area contributed by atoms with E-state index < -0.39 is 5.60 Å². The number of hydrogen-bond donors (Lipinski definition) is 3. The van der Waals surface area contributed by atoms with Crippen molar-refractivity contribution in [2.45, 2.75) is 5.60 Å². The predicted octanol–water partition coefficient (Wildman–Crippen LogP) is 2.76. The number of rotatable bonds is 6. The minimum Gasteiger partial charge on any atom is -0.395 e. The molecule has 0 spiro atoms. The summed E-state index contributed by atoms with van der Waals surface area (Å²) in [6.07, 6.45) is 0. The molecule has 1 atom stereocenters. The summed E-state index contributed by atoms with van der Waals surface area (Å²) >= 11 is 8.15. The summed E-state index contributed by atoms with van der Waals surface area (Å²) in [5.74, 6) is 0. The Morgan fingerprint density at radius 2 is 1.52 bits per heavy atom. The zero-order valence-electron chi connectivity index (χ0n) is 11.4. The van der Waals surface area contributed by atoms with Gasteiger partial charge in [0.05, 0.1) is 6.61 Å². The van der Waals surface area contributed by atoms with Gasteiger partial charge in [-0.3, -0.25) is 0 Å². The lowest BCUT2D eigenvalue weighted by Crippen LogP contribution is -2.40. The summed E-state index contributed by atoms with van der Waals surface area (Å²) in [5.41, 5.74) is 0.401. The molecule has 3 nitrogen and oxygen atoms in total. The van der Waals surface area contributed by atoms with Crippen molar-refractivity contribution < 1.29 is 10.2 Å². The van der Waals surface area contributed by atoms with Gasteiger partial charge in [0.2, 0.25) is 0 Å². The molecule has 1 unspecified atom stereocenters. The number of nitrogens with one attached hydrogen (secondary N) is 1. The molecule has 5 heteroatoms. The Bertz CT molecular complexity index is 526. The van der Waals surface area contributed by atoms with Gasteiger partial charge >= 0.3 is 0 Å². The first kappa shape index (κ1) is 16.7. The predicted molar refractivity (Wildman–Crippen MR) is 93.6 cm³/mol. The van der Waals surface area contributed by atoms with E-state index in [2.05, 4.69) is 27.9 Å². The van der Waals surface area contributed by atoms with Crippen LogP contribution in [0.5, 0.6) is 0 Å². The van der Waals surface area contributed by atoms with E-state index in [0.717, 1.165) is 14.7 Å². The number of aliphatic hydroxyl groups excluding tert-OH is 1. The normalized spacial score (nSPS) is 13.9. The molecule has 0 saturated heterocycles. The fourth-order valence-corrected chi connectivity index (χ4v) is 2.66. The summed E-state index contributed by atoms with van der Waals surface area (Å²) in [6.45, 7) is 0.777. The third-order valence-corrected chi connectivity index (χ3v) is 4.28. The molecule has 3 N–H and O–H groups in total. The fraction of sp³-hybridized carbons (Fsp3) is 0.250. The van der Waals surface area contributed by atoms with Crippen LogP contribution >= 0.6 is 34.2 Å². The highest BCUT2D eigenvalue weighted by molar-refractivity contribution is 14.1. The lowest BCUT2D eigenvalue weighted by Gasteiger charge is -2.30. The van der Waals surface area contributed by atoms with Crippen LogP contribution in [-0.2, 0) is 5.60 Å². The third kappa shape index (κ3) is 4.17. The standard InChI is InChI=1S/C16H17ClINO2/c17-14-5-1-12(2-6-14)16(21,11-19-9-10-20)13-3-7-15(18)8-4-13/h1-8,19-21H,9-11H2. The van der Waals surface area contributed by atoms with Gasteiger partial charge in [0.15, 0.2) is 0 Å². The molecule has 0 radical (unpaired) electrons. The lowest BCUT2D eigenvalue weighted by molar-refractivity contribution is 0.0786. The maximum Gasteiger partial charge on any atom is 0.127 e. The van der Waals surface area contributed by atoms with Gasteiger partial charge in [-0.05, 0) is 58.0 Å². The van der Waals surface area contributed by atoms with E-state index in [4.69, 9.17) is 16.7 Å². The van der Waals surface area contributed by atoms with E-state index in [1.807, 2.05) is 36.4 Å².